The Morgan fingerprint density at radius 2 is 2.33 bits per heavy atom. The standard InChI is InChI=1S/C5H9NO3/c6-4(8)5(9)2-1-3(5)7/h3,7,9H,1-2H2,(H2,6,8). The summed E-state index contributed by atoms with van der Waals surface area (Å²) in [5.74, 6) is -0.832. The van der Waals surface area contributed by atoms with Gasteiger partial charge in [0.2, 0.25) is 0 Å². The fourth-order valence-corrected chi connectivity index (χ4v) is 0.834. The lowest BCUT2D eigenvalue weighted by Gasteiger charge is -2.38. The predicted molar refractivity (Wildman–Crippen MR) is 29.4 cm³/mol. The molecule has 2 atom stereocenters. The average molecular weight is 131 g/mol. The number of aliphatic hydroxyl groups is 2. The van der Waals surface area contributed by atoms with Crippen LogP contribution in [0.4, 0.5) is 0 Å². The molecule has 2 unspecified atom stereocenters. The second kappa shape index (κ2) is 1.68. The lowest BCUT2D eigenvalue weighted by atomic mass is 9.76. The third-order valence-corrected chi connectivity index (χ3v) is 1.78. The molecule has 0 heterocycles. The number of carbonyl (C=O) groups is 1. The molecule has 0 radical (unpaired) electrons. The lowest BCUT2D eigenvalue weighted by molar-refractivity contribution is -0.171. The first kappa shape index (κ1) is 6.51. The van der Waals surface area contributed by atoms with Crippen molar-refractivity contribution in [3.05, 3.63) is 0 Å². The van der Waals surface area contributed by atoms with Crippen molar-refractivity contribution in [2.75, 3.05) is 0 Å². The largest absolute Gasteiger partial charge is 0.390 e. The fourth-order valence-electron chi connectivity index (χ4n) is 0.834. The molecule has 1 fully saturated rings. The van der Waals surface area contributed by atoms with E-state index in [1.165, 1.54) is 0 Å². The molecule has 0 spiro atoms. The summed E-state index contributed by atoms with van der Waals surface area (Å²) in [6.07, 6.45) is -0.210. The molecule has 52 valence electrons. The highest BCUT2D eigenvalue weighted by molar-refractivity contribution is 5.85. The number of amides is 1. The molecule has 4 nitrogen and oxygen atoms in total. The van der Waals surface area contributed by atoms with Crippen molar-refractivity contribution in [3.63, 3.8) is 0 Å². The van der Waals surface area contributed by atoms with E-state index in [4.69, 9.17) is 15.9 Å². The molecule has 4 heteroatoms. The molecule has 0 aromatic rings. The Morgan fingerprint density at radius 1 is 1.78 bits per heavy atom. The van der Waals surface area contributed by atoms with Gasteiger partial charge in [-0.1, -0.05) is 0 Å². The van der Waals surface area contributed by atoms with E-state index in [1.54, 1.807) is 0 Å². The summed E-state index contributed by atoms with van der Waals surface area (Å²) in [5.41, 5.74) is 3.15. The highest BCUT2D eigenvalue weighted by atomic mass is 16.4. The first-order valence-corrected chi connectivity index (χ1v) is 2.78. The molecule has 1 aliphatic carbocycles. The maximum absolute atomic E-state index is 10.3. The van der Waals surface area contributed by atoms with E-state index < -0.39 is 17.6 Å². The minimum Gasteiger partial charge on any atom is -0.390 e. The van der Waals surface area contributed by atoms with Crippen LogP contribution >= 0.6 is 0 Å². The summed E-state index contributed by atoms with van der Waals surface area (Å²) in [5, 5.41) is 17.8. The quantitative estimate of drug-likeness (QED) is 0.399. The van der Waals surface area contributed by atoms with Gasteiger partial charge in [-0.05, 0) is 12.8 Å². The van der Waals surface area contributed by atoms with Crippen molar-refractivity contribution in [3.8, 4) is 0 Å². The molecule has 4 N–H and O–H groups in total. The first-order valence-electron chi connectivity index (χ1n) is 2.78. The smallest absolute Gasteiger partial charge is 0.252 e. The van der Waals surface area contributed by atoms with Crippen LogP contribution in [0.2, 0.25) is 0 Å². The molecule has 1 rings (SSSR count). The molecular weight excluding hydrogens is 122 g/mol. The van der Waals surface area contributed by atoms with Crippen LogP contribution in [0.1, 0.15) is 12.8 Å². The summed E-state index contributed by atoms with van der Waals surface area (Å²) in [6, 6.07) is 0. The van der Waals surface area contributed by atoms with Crippen LogP contribution in [0, 0.1) is 0 Å². The van der Waals surface area contributed by atoms with E-state index in [0.29, 0.717) is 6.42 Å². The van der Waals surface area contributed by atoms with Crippen molar-refractivity contribution in [2.45, 2.75) is 24.5 Å². The SMILES string of the molecule is NC(=O)C1(O)CCC1O. The maximum atomic E-state index is 10.3. The number of carbonyl (C=O) groups excluding carboxylic acids is 1. The van der Waals surface area contributed by atoms with Crippen molar-refractivity contribution < 1.29 is 15.0 Å². The van der Waals surface area contributed by atoms with E-state index in [1.807, 2.05) is 0 Å². The van der Waals surface area contributed by atoms with Gasteiger partial charge in [-0.3, -0.25) is 4.79 Å². The van der Waals surface area contributed by atoms with Crippen molar-refractivity contribution in [2.24, 2.45) is 5.73 Å². The molecule has 9 heavy (non-hydrogen) atoms. The number of nitrogens with two attached hydrogens (primary N) is 1. The summed E-state index contributed by atoms with van der Waals surface area (Å²) < 4.78 is 0. The van der Waals surface area contributed by atoms with Gasteiger partial charge in [0.1, 0.15) is 0 Å². The molecule has 0 aliphatic heterocycles. The first-order chi connectivity index (χ1) is 4.07. The topological polar surface area (TPSA) is 83.6 Å². The Morgan fingerprint density at radius 3 is 2.33 bits per heavy atom. The summed E-state index contributed by atoms with van der Waals surface area (Å²) in [7, 11) is 0. The van der Waals surface area contributed by atoms with Gasteiger partial charge in [0.05, 0.1) is 6.10 Å². The Kier molecular flexibility index (Phi) is 1.22. The van der Waals surface area contributed by atoms with Crippen molar-refractivity contribution in [1.29, 1.82) is 0 Å². The zero-order valence-corrected chi connectivity index (χ0v) is 4.87. The summed E-state index contributed by atoms with van der Waals surface area (Å²) in [4.78, 5) is 10.3. The Labute approximate surface area is 52.3 Å². The van der Waals surface area contributed by atoms with Gasteiger partial charge in [0.15, 0.2) is 5.60 Å². The highest BCUT2D eigenvalue weighted by Crippen LogP contribution is 2.31. The number of aliphatic hydroxyl groups excluding tert-OH is 1. The van der Waals surface area contributed by atoms with E-state index in [0.717, 1.165) is 0 Å². The predicted octanol–water partition coefficient (Wildman–Crippen LogP) is -1.64. The summed E-state index contributed by atoms with van der Waals surface area (Å²) in [6.45, 7) is 0. The van der Waals surface area contributed by atoms with Crippen LogP contribution in [0.15, 0.2) is 0 Å². The zero-order chi connectivity index (χ0) is 7.07. The van der Waals surface area contributed by atoms with Gasteiger partial charge in [0, 0.05) is 0 Å². The summed E-state index contributed by atoms with van der Waals surface area (Å²) >= 11 is 0. The van der Waals surface area contributed by atoms with Gasteiger partial charge < -0.3 is 15.9 Å². The number of hydrogen-bond donors (Lipinski definition) is 3. The molecule has 1 amide bonds. The van der Waals surface area contributed by atoms with Crippen LogP contribution in [0.25, 0.3) is 0 Å². The maximum Gasteiger partial charge on any atom is 0.252 e. The van der Waals surface area contributed by atoms with Crippen molar-refractivity contribution in [1.82, 2.24) is 0 Å². The van der Waals surface area contributed by atoms with Gasteiger partial charge >= 0.3 is 0 Å². The molecule has 0 aromatic carbocycles. The molecule has 0 bridgehead atoms. The zero-order valence-electron chi connectivity index (χ0n) is 4.87. The third kappa shape index (κ3) is 0.710. The van der Waals surface area contributed by atoms with Gasteiger partial charge in [-0.2, -0.15) is 0 Å². The minimum absolute atomic E-state index is 0.281. The monoisotopic (exact) mass is 131 g/mol. The molecule has 1 aliphatic rings. The van der Waals surface area contributed by atoms with Crippen LogP contribution in [-0.4, -0.2) is 27.8 Å². The highest BCUT2D eigenvalue weighted by Gasteiger charge is 2.49. The number of rotatable bonds is 1. The van der Waals surface area contributed by atoms with E-state index >= 15 is 0 Å². The third-order valence-electron chi connectivity index (χ3n) is 1.78. The second-order valence-electron chi connectivity index (χ2n) is 2.34. The Hall–Kier alpha value is -0.610. The van der Waals surface area contributed by atoms with Gasteiger partial charge in [-0.25, -0.2) is 0 Å². The molecule has 0 aromatic heterocycles. The van der Waals surface area contributed by atoms with E-state index in [-0.39, 0.29) is 6.42 Å². The molecule has 1 saturated carbocycles. The number of primary amides is 1. The van der Waals surface area contributed by atoms with Gasteiger partial charge in [0.25, 0.3) is 5.91 Å². The van der Waals surface area contributed by atoms with Crippen LogP contribution in [0.3, 0.4) is 0 Å². The molecular formula is C5H9NO3. The molecule has 0 saturated heterocycles. The lowest BCUT2D eigenvalue weighted by Crippen LogP contribution is -2.60. The van der Waals surface area contributed by atoms with Crippen molar-refractivity contribution >= 4 is 5.91 Å². The van der Waals surface area contributed by atoms with Crippen LogP contribution in [-0.2, 0) is 4.79 Å². The average Bonchev–Trinajstić information content (AvgIpc) is 1.82. The van der Waals surface area contributed by atoms with Gasteiger partial charge in [-0.15, -0.1) is 0 Å². The fraction of sp³-hybridized carbons (Fsp3) is 0.800. The van der Waals surface area contributed by atoms with E-state index in [9.17, 15) is 4.79 Å². The second-order valence-corrected chi connectivity index (χ2v) is 2.34. The number of hydrogen-bond acceptors (Lipinski definition) is 3. The Balaban J connectivity index is 2.64. The van der Waals surface area contributed by atoms with E-state index in [2.05, 4.69) is 0 Å². The Bertz CT molecular complexity index is 147. The minimum atomic E-state index is -1.62. The van der Waals surface area contributed by atoms with Crippen LogP contribution < -0.4 is 5.73 Å². The normalized spacial score (nSPS) is 41.8. The van der Waals surface area contributed by atoms with Crippen LogP contribution in [0.5, 0.6) is 0 Å².